The van der Waals surface area contributed by atoms with Crippen LogP contribution in [0.1, 0.15) is 23.2 Å². The van der Waals surface area contributed by atoms with Crippen molar-refractivity contribution in [1.82, 2.24) is 4.98 Å². The molecule has 14 heavy (non-hydrogen) atoms. The first-order chi connectivity index (χ1) is 6.61. The average Bonchev–Trinajstić information content (AvgIpc) is 2.16. The molecule has 1 rings (SSSR count). The van der Waals surface area contributed by atoms with Crippen LogP contribution in [-0.4, -0.2) is 10.1 Å². The molecule has 1 aromatic heterocycles. The van der Waals surface area contributed by atoms with E-state index < -0.39 is 23.6 Å². The Hall–Kier alpha value is -1.25. The van der Waals surface area contributed by atoms with E-state index in [4.69, 9.17) is 22.0 Å². The van der Waals surface area contributed by atoms with Crippen LogP contribution in [0, 0.1) is 11.3 Å². The van der Waals surface area contributed by atoms with E-state index in [2.05, 4.69) is 4.98 Å². The maximum absolute atomic E-state index is 12.5. The van der Waals surface area contributed by atoms with Gasteiger partial charge in [0, 0.05) is 17.3 Å². The average molecular weight is 219 g/mol. The summed E-state index contributed by atoms with van der Waals surface area (Å²) in [7, 11) is 0. The van der Waals surface area contributed by atoms with Crippen LogP contribution in [0.4, 0.5) is 8.78 Å². The molecule has 1 heterocycles. The van der Waals surface area contributed by atoms with Crippen molar-refractivity contribution in [2.75, 3.05) is 0 Å². The summed E-state index contributed by atoms with van der Waals surface area (Å²) in [5.74, 6) is 0. The van der Waals surface area contributed by atoms with Crippen molar-refractivity contribution in [1.29, 1.82) is 5.26 Å². The summed E-state index contributed by atoms with van der Waals surface area (Å²) in [5, 5.41) is 16.8. The van der Waals surface area contributed by atoms with Gasteiger partial charge >= 0.3 is 0 Å². The first-order valence-corrected chi connectivity index (χ1v) is 3.96. The minimum atomic E-state index is -2.83. The predicted molar refractivity (Wildman–Crippen MR) is 44.8 cm³/mol. The van der Waals surface area contributed by atoms with Crippen molar-refractivity contribution in [2.24, 2.45) is 0 Å². The third-order valence-electron chi connectivity index (χ3n) is 1.63. The van der Waals surface area contributed by atoms with Gasteiger partial charge in [0.2, 0.25) is 0 Å². The second-order valence-electron chi connectivity index (χ2n) is 2.43. The zero-order valence-corrected chi connectivity index (χ0v) is 7.59. The van der Waals surface area contributed by atoms with Gasteiger partial charge in [0.05, 0.1) is 11.6 Å². The van der Waals surface area contributed by atoms with Gasteiger partial charge in [-0.05, 0) is 0 Å². The molecule has 0 bridgehead atoms. The summed E-state index contributed by atoms with van der Waals surface area (Å²) >= 11 is 5.51. The molecule has 3 nitrogen and oxygen atoms in total. The van der Waals surface area contributed by atoms with Crippen LogP contribution in [0.5, 0.6) is 0 Å². The normalized spacial score (nSPS) is 10.3. The third kappa shape index (κ3) is 1.81. The van der Waals surface area contributed by atoms with E-state index in [0.29, 0.717) is 0 Å². The fraction of sp³-hybridized carbons (Fsp3) is 0.250. The van der Waals surface area contributed by atoms with Crippen molar-refractivity contribution in [2.45, 2.75) is 13.0 Å². The zero-order valence-electron chi connectivity index (χ0n) is 6.84. The van der Waals surface area contributed by atoms with Crippen LogP contribution in [-0.2, 0) is 6.61 Å². The number of aliphatic hydroxyl groups is 1. The van der Waals surface area contributed by atoms with Gasteiger partial charge in [0.1, 0.15) is 6.07 Å². The summed E-state index contributed by atoms with van der Waals surface area (Å²) in [6, 6.07) is 1.58. The van der Waals surface area contributed by atoms with Crippen LogP contribution >= 0.6 is 11.6 Å². The smallest absolute Gasteiger partial charge is 0.265 e. The highest BCUT2D eigenvalue weighted by Crippen LogP contribution is 2.31. The predicted octanol–water partition coefficient (Wildman–Crippen LogP) is 2.04. The van der Waals surface area contributed by atoms with Crippen LogP contribution in [0.2, 0.25) is 5.02 Å². The van der Waals surface area contributed by atoms with Crippen molar-refractivity contribution < 1.29 is 13.9 Å². The topological polar surface area (TPSA) is 56.9 Å². The Bertz CT molecular complexity index is 390. The molecular weight excluding hydrogens is 214 g/mol. The monoisotopic (exact) mass is 218 g/mol. The van der Waals surface area contributed by atoms with E-state index in [1.807, 2.05) is 0 Å². The molecule has 0 radical (unpaired) electrons. The first kappa shape index (κ1) is 10.8. The summed E-state index contributed by atoms with van der Waals surface area (Å²) in [6.07, 6.45) is -1.81. The van der Waals surface area contributed by atoms with Gasteiger partial charge in [-0.15, -0.1) is 0 Å². The number of aromatic nitrogens is 1. The minimum absolute atomic E-state index is 0.0657. The van der Waals surface area contributed by atoms with Crippen molar-refractivity contribution in [3.8, 4) is 6.07 Å². The second-order valence-corrected chi connectivity index (χ2v) is 2.81. The van der Waals surface area contributed by atoms with E-state index in [-0.39, 0.29) is 11.3 Å². The van der Waals surface area contributed by atoms with Crippen molar-refractivity contribution >= 4 is 11.6 Å². The molecule has 0 spiro atoms. The quantitative estimate of drug-likeness (QED) is 0.826. The standard InChI is InChI=1S/C8H5ClF2N2O/c9-7-5(1-12)13-2-4(3-14)6(7)8(10)11/h2,8,14H,3H2. The Morgan fingerprint density at radius 1 is 1.64 bits per heavy atom. The fourth-order valence-corrected chi connectivity index (χ4v) is 1.27. The van der Waals surface area contributed by atoms with Crippen molar-refractivity contribution in [3.05, 3.63) is 28.0 Å². The van der Waals surface area contributed by atoms with Gasteiger partial charge in [0.15, 0.2) is 5.69 Å². The van der Waals surface area contributed by atoms with Gasteiger partial charge in [-0.3, -0.25) is 0 Å². The lowest BCUT2D eigenvalue weighted by Gasteiger charge is -2.08. The van der Waals surface area contributed by atoms with Crippen LogP contribution in [0.15, 0.2) is 6.20 Å². The number of aliphatic hydroxyl groups excluding tert-OH is 1. The second kappa shape index (κ2) is 4.31. The molecule has 6 heteroatoms. The molecule has 1 N–H and O–H groups in total. The lowest BCUT2D eigenvalue weighted by molar-refractivity contribution is 0.147. The molecular formula is C8H5ClF2N2O. The highest BCUT2D eigenvalue weighted by Gasteiger charge is 2.20. The van der Waals surface area contributed by atoms with E-state index in [1.165, 1.54) is 0 Å². The number of alkyl halides is 2. The Kier molecular flexibility index (Phi) is 3.33. The van der Waals surface area contributed by atoms with Gasteiger partial charge in [-0.2, -0.15) is 5.26 Å². The molecule has 0 fully saturated rings. The van der Waals surface area contributed by atoms with E-state index >= 15 is 0 Å². The van der Waals surface area contributed by atoms with Crippen LogP contribution in [0.25, 0.3) is 0 Å². The highest BCUT2D eigenvalue weighted by atomic mass is 35.5. The van der Waals surface area contributed by atoms with E-state index in [9.17, 15) is 8.78 Å². The molecule has 0 aliphatic rings. The largest absolute Gasteiger partial charge is 0.392 e. The Balaban J connectivity index is 3.41. The summed E-state index contributed by atoms with van der Waals surface area (Å²) < 4.78 is 24.9. The van der Waals surface area contributed by atoms with Crippen molar-refractivity contribution in [3.63, 3.8) is 0 Å². The molecule has 74 valence electrons. The SMILES string of the molecule is N#Cc1ncc(CO)c(C(F)F)c1Cl. The Morgan fingerprint density at radius 2 is 2.29 bits per heavy atom. The molecule has 0 aliphatic heterocycles. The number of nitrogens with zero attached hydrogens (tertiary/aromatic N) is 2. The number of pyridine rings is 1. The molecule has 0 unspecified atom stereocenters. The summed E-state index contributed by atoms with van der Waals surface area (Å²) in [5.41, 5.74) is -0.858. The maximum atomic E-state index is 12.5. The number of hydrogen-bond acceptors (Lipinski definition) is 3. The van der Waals surface area contributed by atoms with E-state index in [0.717, 1.165) is 6.20 Å². The molecule has 0 amide bonds. The van der Waals surface area contributed by atoms with Gasteiger partial charge in [-0.25, -0.2) is 13.8 Å². The number of halogens is 3. The summed E-state index contributed by atoms with van der Waals surface area (Å²) in [6.45, 7) is -0.585. The minimum Gasteiger partial charge on any atom is -0.392 e. The fourth-order valence-electron chi connectivity index (χ4n) is 0.977. The third-order valence-corrected chi connectivity index (χ3v) is 2.02. The number of nitriles is 1. The maximum Gasteiger partial charge on any atom is 0.265 e. The van der Waals surface area contributed by atoms with E-state index in [1.54, 1.807) is 6.07 Å². The molecule has 0 saturated heterocycles. The summed E-state index contributed by atoms with van der Waals surface area (Å²) in [4.78, 5) is 3.52. The highest BCUT2D eigenvalue weighted by molar-refractivity contribution is 6.32. The molecule has 0 atom stereocenters. The van der Waals surface area contributed by atoms with Crippen LogP contribution < -0.4 is 0 Å². The van der Waals surface area contributed by atoms with Crippen LogP contribution in [0.3, 0.4) is 0 Å². The molecule has 0 aromatic carbocycles. The molecule has 1 aromatic rings. The van der Waals surface area contributed by atoms with Gasteiger partial charge in [0.25, 0.3) is 6.43 Å². The Morgan fingerprint density at radius 3 is 2.71 bits per heavy atom. The molecule has 0 aliphatic carbocycles. The van der Waals surface area contributed by atoms with Gasteiger partial charge in [-0.1, -0.05) is 11.6 Å². The lowest BCUT2D eigenvalue weighted by Crippen LogP contribution is -2.00. The number of hydrogen-bond donors (Lipinski definition) is 1. The lowest BCUT2D eigenvalue weighted by atomic mass is 10.1. The number of rotatable bonds is 2. The first-order valence-electron chi connectivity index (χ1n) is 3.58. The Labute approximate surface area is 83.6 Å². The zero-order chi connectivity index (χ0) is 10.7. The molecule has 0 saturated carbocycles. The van der Waals surface area contributed by atoms with Gasteiger partial charge < -0.3 is 5.11 Å².